The summed E-state index contributed by atoms with van der Waals surface area (Å²) in [6, 6.07) is 0. The Labute approximate surface area is 236 Å². The summed E-state index contributed by atoms with van der Waals surface area (Å²) in [5.41, 5.74) is -0.0556. The van der Waals surface area contributed by atoms with Crippen LogP contribution in [0.3, 0.4) is 0 Å². The molecule has 3 nitrogen and oxygen atoms in total. The van der Waals surface area contributed by atoms with Crippen LogP contribution in [0.15, 0.2) is 0 Å². The molecule has 7 heteroatoms. The summed E-state index contributed by atoms with van der Waals surface area (Å²) in [5, 5.41) is 0. The number of alkyl halides is 4. The van der Waals surface area contributed by atoms with Gasteiger partial charge in [-0.05, 0) is 74.5 Å². The smallest absolute Gasteiger partial charge is 0.431 e. The van der Waals surface area contributed by atoms with E-state index in [1.807, 2.05) is 20.8 Å². The van der Waals surface area contributed by atoms with Gasteiger partial charge in [0.1, 0.15) is 11.7 Å². The summed E-state index contributed by atoms with van der Waals surface area (Å²) in [6.45, 7) is 17.8. The van der Waals surface area contributed by atoms with Gasteiger partial charge >= 0.3 is 6.16 Å². The fourth-order valence-corrected chi connectivity index (χ4v) is 12.6. The Bertz CT molecular complexity index is 642. The first kappa shape index (κ1) is 30.4. The van der Waals surface area contributed by atoms with E-state index in [9.17, 15) is 4.79 Å². The lowest BCUT2D eigenvalue weighted by atomic mass is 9.57. The topological polar surface area (TPSA) is 35.5 Å². The highest BCUT2D eigenvalue weighted by molar-refractivity contribution is 9.10. The average molecular weight is 724 g/mol. The van der Waals surface area contributed by atoms with Gasteiger partial charge in [0, 0.05) is 19.3 Å². The standard InChI is InChI=1S/C26H44Br4O3/c1-9-24(3,4)15-11-17(27)21(18(28)12-15)26(7,8)22-19(29)13-16(14-20(22)30)32-23(31)33-25(5,6)10-2/h15-22H,9-14H2,1-8H3. The maximum Gasteiger partial charge on any atom is 0.509 e. The highest BCUT2D eigenvalue weighted by Crippen LogP contribution is 2.57. The van der Waals surface area contributed by atoms with E-state index in [0.717, 1.165) is 19.3 Å². The van der Waals surface area contributed by atoms with Crippen LogP contribution in [0.2, 0.25) is 0 Å². The number of halogens is 4. The second-order valence-corrected chi connectivity index (χ2v) is 16.8. The molecular weight excluding hydrogens is 680 g/mol. The molecular formula is C26H44Br4O3. The fourth-order valence-electron chi connectivity index (χ4n) is 5.85. The van der Waals surface area contributed by atoms with Crippen molar-refractivity contribution in [2.45, 2.75) is 125 Å². The van der Waals surface area contributed by atoms with Crippen LogP contribution < -0.4 is 0 Å². The summed E-state index contributed by atoms with van der Waals surface area (Å²) in [6.07, 6.45) is 5.30. The molecule has 0 radical (unpaired) electrons. The average Bonchev–Trinajstić information content (AvgIpc) is 2.65. The zero-order chi connectivity index (χ0) is 25.4. The molecule has 0 aromatic heterocycles. The van der Waals surface area contributed by atoms with E-state index in [1.54, 1.807) is 0 Å². The molecule has 0 spiro atoms. The van der Waals surface area contributed by atoms with Gasteiger partial charge in [-0.1, -0.05) is 112 Å². The molecule has 194 valence electrons. The molecule has 0 saturated heterocycles. The summed E-state index contributed by atoms with van der Waals surface area (Å²) >= 11 is 16.3. The number of rotatable bonds is 7. The van der Waals surface area contributed by atoms with Crippen molar-refractivity contribution in [3.05, 3.63) is 0 Å². The minimum absolute atomic E-state index is 0.0850. The molecule has 4 unspecified atom stereocenters. The molecule has 0 N–H and O–H groups in total. The van der Waals surface area contributed by atoms with Crippen molar-refractivity contribution in [2.75, 3.05) is 0 Å². The molecule has 0 heterocycles. The highest BCUT2D eigenvalue weighted by Gasteiger charge is 2.53. The van der Waals surface area contributed by atoms with Crippen molar-refractivity contribution in [3.63, 3.8) is 0 Å². The molecule has 0 aliphatic heterocycles. The van der Waals surface area contributed by atoms with Crippen molar-refractivity contribution in [1.82, 2.24) is 0 Å². The van der Waals surface area contributed by atoms with E-state index in [4.69, 9.17) is 9.47 Å². The van der Waals surface area contributed by atoms with Gasteiger partial charge in [0.25, 0.3) is 0 Å². The Hall–Kier alpha value is 1.19. The summed E-state index contributed by atoms with van der Waals surface area (Å²) in [5.74, 6) is 1.64. The van der Waals surface area contributed by atoms with Gasteiger partial charge in [-0.3, -0.25) is 0 Å². The zero-order valence-electron chi connectivity index (χ0n) is 21.6. The normalized spacial score (nSPS) is 36.4. The number of ether oxygens (including phenoxy) is 2. The van der Waals surface area contributed by atoms with E-state index in [-0.39, 0.29) is 21.2 Å². The molecule has 2 aliphatic carbocycles. The second-order valence-electron chi connectivity index (χ2n) is 12.1. The van der Waals surface area contributed by atoms with Gasteiger partial charge in [0.05, 0.1) is 0 Å². The molecule has 0 aromatic carbocycles. The SMILES string of the molecule is CCC(C)(C)OC(=O)OC1CC(Br)C(C(C)(C)C2C(Br)CC(C(C)(C)CC)CC2Br)C(Br)C1. The largest absolute Gasteiger partial charge is 0.509 e. The molecule has 0 amide bonds. The quantitative estimate of drug-likeness (QED) is 0.194. The van der Waals surface area contributed by atoms with Crippen LogP contribution in [-0.2, 0) is 9.47 Å². The van der Waals surface area contributed by atoms with Gasteiger partial charge in [-0.2, -0.15) is 0 Å². The van der Waals surface area contributed by atoms with Crippen molar-refractivity contribution in [3.8, 4) is 0 Å². The van der Waals surface area contributed by atoms with Gasteiger partial charge in [-0.15, -0.1) is 0 Å². The van der Waals surface area contributed by atoms with Gasteiger partial charge in [-0.25, -0.2) is 4.79 Å². The van der Waals surface area contributed by atoms with Crippen LogP contribution in [0.25, 0.3) is 0 Å². The van der Waals surface area contributed by atoms with Crippen molar-refractivity contribution in [1.29, 1.82) is 0 Å². The lowest BCUT2D eigenvalue weighted by Gasteiger charge is -2.54. The molecule has 2 aliphatic rings. The first-order valence-electron chi connectivity index (χ1n) is 12.5. The third kappa shape index (κ3) is 7.37. The van der Waals surface area contributed by atoms with Crippen LogP contribution in [0.5, 0.6) is 0 Å². The minimum Gasteiger partial charge on any atom is -0.431 e. The zero-order valence-corrected chi connectivity index (χ0v) is 27.9. The molecule has 33 heavy (non-hydrogen) atoms. The molecule has 4 atom stereocenters. The van der Waals surface area contributed by atoms with Gasteiger partial charge in [0.15, 0.2) is 0 Å². The summed E-state index contributed by atoms with van der Waals surface area (Å²) in [4.78, 5) is 13.8. The Morgan fingerprint density at radius 1 is 0.758 bits per heavy atom. The number of hydrogen-bond donors (Lipinski definition) is 0. The number of hydrogen-bond acceptors (Lipinski definition) is 3. The van der Waals surface area contributed by atoms with Crippen LogP contribution in [0.1, 0.15) is 93.9 Å². The maximum atomic E-state index is 12.4. The van der Waals surface area contributed by atoms with Gasteiger partial charge in [0.2, 0.25) is 0 Å². The lowest BCUT2D eigenvalue weighted by molar-refractivity contribution is -0.0488. The predicted molar refractivity (Wildman–Crippen MR) is 153 cm³/mol. The third-order valence-corrected chi connectivity index (χ3v) is 12.5. The molecule has 2 saturated carbocycles. The van der Waals surface area contributed by atoms with Crippen molar-refractivity contribution >= 4 is 69.9 Å². The molecule has 2 fully saturated rings. The number of carbonyl (C=O) groups excluding carboxylic acids is 1. The van der Waals surface area contributed by atoms with Gasteiger partial charge < -0.3 is 9.47 Å². The summed E-state index contributed by atoms with van der Waals surface area (Å²) < 4.78 is 11.3. The van der Waals surface area contributed by atoms with Crippen LogP contribution in [0.4, 0.5) is 4.79 Å². The van der Waals surface area contributed by atoms with E-state index >= 15 is 0 Å². The molecule has 2 rings (SSSR count). The first-order chi connectivity index (χ1) is 15.1. The van der Waals surface area contributed by atoms with E-state index in [0.29, 0.717) is 32.8 Å². The maximum absolute atomic E-state index is 12.4. The van der Waals surface area contributed by atoms with Crippen LogP contribution in [-0.4, -0.2) is 37.2 Å². The third-order valence-electron chi connectivity index (χ3n) is 8.76. The Kier molecular flexibility index (Phi) is 10.8. The minimum atomic E-state index is -0.554. The van der Waals surface area contributed by atoms with Crippen LogP contribution in [0, 0.1) is 28.6 Å². The molecule has 0 aromatic rings. The van der Waals surface area contributed by atoms with E-state index in [1.165, 1.54) is 19.3 Å². The number of carbonyl (C=O) groups is 1. The Morgan fingerprint density at radius 3 is 1.58 bits per heavy atom. The van der Waals surface area contributed by atoms with E-state index in [2.05, 4.69) is 98.3 Å². The van der Waals surface area contributed by atoms with E-state index < -0.39 is 11.8 Å². The Balaban J connectivity index is 2.10. The van der Waals surface area contributed by atoms with Crippen molar-refractivity contribution < 1.29 is 14.3 Å². The first-order valence-corrected chi connectivity index (χ1v) is 16.2. The Morgan fingerprint density at radius 2 is 1.18 bits per heavy atom. The molecule has 0 bridgehead atoms. The predicted octanol–water partition coefficient (Wildman–Crippen LogP) is 9.65. The summed E-state index contributed by atoms with van der Waals surface area (Å²) in [7, 11) is 0. The lowest BCUT2D eigenvalue weighted by Crippen LogP contribution is -2.54. The monoisotopic (exact) mass is 720 g/mol. The fraction of sp³-hybridized carbons (Fsp3) is 0.962. The van der Waals surface area contributed by atoms with Crippen molar-refractivity contribution in [2.24, 2.45) is 28.6 Å². The van der Waals surface area contributed by atoms with Crippen LogP contribution >= 0.6 is 63.7 Å². The highest BCUT2D eigenvalue weighted by atomic mass is 79.9. The second kappa shape index (κ2) is 11.7.